The van der Waals surface area contributed by atoms with Gasteiger partial charge in [-0.3, -0.25) is 14.8 Å². The number of carbonyl (C=O) groups is 2. The van der Waals surface area contributed by atoms with Crippen molar-refractivity contribution >= 4 is 34.4 Å². The van der Waals surface area contributed by atoms with E-state index in [1.807, 2.05) is 72.9 Å². The van der Waals surface area contributed by atoms with Crippen LogP contribution in [0.4, 0.5) is 4.79 Å². The molecule has 0 saturated carbocycles. The smallest absolute Gasteiger partial charge is 0.346 e. The lowest BCUT2D eigenvalue weighted by molar-refractivity contribution is -0.122. The summed E-state index contributed by atoms with van der Waals surface area (Å²) in [6.07, 6.45) is 2.93. The molecular weight excluding hydrogens is 530 g/mol. The van der Waals surface area contributed by atoms with E-state index in [0.717, 1.165) is 32.3 Å². The van der Waals surface area contributed by atoms with E-state index >= 15 is 0 Å². The van der Waals surface area contributed by atoms with Gasteiger partial charge in [0.05, 0.1) is 0 Å². The quantitative estimate of drug-likeness (QED) is 0.207. The summed E-state index contributed by atoms with van der Waals surface area (Å²) in [6.45, 7) is 0.327. The molecule has 4 N–H and O–H groups in total. The number of H-pyrrole nitrogens is 1. The molecule has 0 aliphatic rings. The van der Waals surface area contributed by atoms with Gasteiger partial charge in [0.15, 0.2) is 0 Å². The number of urea groups is 1. The molecule has 2 aromatic heterocycles. The number of aromatic amines is 1. The number of aromatic nitrogens is 4. The van der Waals surface area contributed by atoms with Gasteiger partial charge in [-0.25, -0.2) is 19.7 Å². The normalized spacial score (nSPS) is 10.9. The Labute approximate surface area is 234 Å². The van der Waals surface area contributed by atoms with E-state index in [2.05, 4.69) is 26.3 Å². The van der Waals surface area contributed by atoms with Crippen LogP contribution < -0.4 is 21.9 Å². The molecule has 0 saturated heterocycles. The molecule has 3 aromatic carbocycles. The van der Waals surface area contributed by atoms with E-state index in [0.29, 0.717) is 36.8 Å². The van der Waals surface area contributed by atoms with Gasteiger partial charge >= 0.3 is 11.7 Å². The highest BCUT2D eigenvalue weighted by Gasteiger charge is 2.17. The van der Waals surface area contributed by atoms with Crippen LogP contribution in [-0.2, 0) is 37.3 Å². The van der Waals surface area contributed by atoms with Crippen LogP contribution in [0.2, 0.25) is 5.02 Å². The van der Waals surface area contributed by atoms with Crippen LogP contribution in [0, 0.1) is 0 Å². The number of halogens is 1. The maximum absolute atomic E-state index is 13.3. The van der Waals surface area contributed by atoms with Crippen LogP contribution >= 0.6 is 11.6 Å². The van der Waals surface area contributed by atoms with Crippen LogP contribution in [-0.4, -0.2) is 31.3 Å². The van der Waals surface area contributed by atoms with Gasteiger partial charge in [-0.05, 0) is 41.3 Å². The van der Waals surface area contributed by atoms with Gasteiger partial charge in [-0.2, -0.15) is 5.10 Å². The van der Waals surface area contributed by atoms with E-state index < -0.39 is 17.6 Å². The molecule has 204 valence electrons. The van der Waals surface area contributed by atoms with Crippen LogP contribution in [0.15, 0.2) is 89.9 Å². The molecule has 40 heavy (non-hydrogen) atoms. The predicted molar refractivity (Wildman–Crippen MR) is 153 cm³/mol. The van der Waals surface area contributed by atoms with E-state index in [4.69, 9.17) is 11.6 Å². The number of para-hydroxylation sites is 1. The summed E-state index contributed by atoms with van der Waals surface area (Å²) in [5.41, 5.74) is 8.17. The third-order valence-corrected chi connectivity index (χ3v) is 6.71. The topological polar surface area (TPSA) is 126 Å². The van der Waals surface area contributed by atoms with Crippen molar-refractivity contribution in [1.29, 1.82) is 0 Å². The average molecular weight is 558 g/mol. The van der Waals surface area contributed by atoms with Crippen LogP contribution in [0.5, 0.6) is 0 Å². The maximum Gasteiger partial charge on any atom is 0.346 e. The first kappa shape index (κ1) is 26.8. The summed E-state index contributed by atoms with van der Waals surface area (Å²) in [5, 5.41) is 8.83. The second kappa shape index (κ2) is 12.4. The van der Waals surface area contributed by atoms with E-state index in [-0.39, 0.29) is 6.54 Å². The minimum absolute atomic E-state index is 0.302. The number of nitrogens with zero attached hydrogens (tertiary/aromatic N) is 3. The number of amides is 3. The number of rotatable bonds is 9. The van der Waals surface area contributed by atoms with E-state index in [1.54, 1.807) is 16.7 Å². The summed E-state index contributed by atoms with van der Waals surface area (Å²) in [7, 11) is 0. The fourth-order valence-electron chi connectivity index (χ4n) is 4.42. The Morgan fingerprint density at radius 1 is 0.900 bits per heavy atom. The van der Waals surface area contributed by atoms with E-state index in [1.165, 1.54) is 0 Å². The molecule has 0 aliphatic heterocycles. The number of fused-ring (bicyclic) bond motifs is 1. The van der Waals surface area contributed by atoms with Crippen LogP contribution in [0.25, 0.3) is 10.9 Å². The summed E-state index contributed by atoms with van der Waals surface area (Å²) >= 11 is 6.03. The number of carbonyl (C=O) groups excluding carboxylic acids is 2. The van der Waals surface area contributed by atoms with Crippen molar-refractivity contribution in [3.05, 3.63) is 123 Å². The predicted octanol–water partition coefficient (Wildman–Crippen LogP) is 3.54. The molecule has 2 heterocycles. The number of nitrogens with one attached hydrogen (secondary N) is 4. The first-order valence-corrected chi connectivity index (χ1v) is 13.2. The molecule has 0 spiro atoms. The van der Waals surface area contributed by atoms with Gasteiger partial charge in [0.25, 0.3) is 5.91 Å². The largest absolute Gasteiger partial charge is 0.361 e. The van der Waals surface area contributed by atoms with Gasteiger partial charge in [-0.1, -0.05) is 72.3 Å². The molecule has 0 unspecified atom stereocenters. The first-order valence-electron chi connectivity index (χ1n) is 12.8. The fraction of sp³-hybridized carbons (Fsp3) is 0.172. The standard InChI is InChI=1S/C29H28ClN7O3/c30-23-12-10-20(11-13-23)16-26-35-37(19-27(38)33-34-28(39)32-17-21-6-2-1-3-7-21)29(40)36(26)15-14-22-18-31-25-9-5-4-8-24(22)25/h1-13,18,31H,14-17,19H2,(H,33,38)(H2,32,34,39). The zero-order valence-corrected chi connectivity index (χ0v) is 22.3. The molecule has 0 bridgehead atoms. The molecule has 0 radical (unpaired) electrons. The average Bonchev–Trinajstić information content (AvgIpc) is 3.51. The van der Waals surface area contributed by atoms with Crippen molar-refractivity contribution in [1.82, 2.24) is 35.5 Å². The van der Waals surface area contributed by atoms with Crippen molar-refractivity contribution in [3.8, 4) is 0 Å². The highest BCUT2D eigenvalue weighted by molar-refractivity contribution is 6.30. The Morgan fingerprint density at radius 3 is 2.45 bits per heavy atom. The summed E-state index contributed by atoms with van der Waals surface area (Å²) in [4.78, 5) is 41.3. The molecule has 0 fully saturated rings. The van der Waals surface area contributed by atoms with Gasteiger partial charge in [0.2, 0.25) is 0 Å². The zero-order valence-electron chi connectivity index (χ0n) is 21.6. The minimum Gasteiger partial charge on any atom is -0.361 e. The highest BCUT2D eigenvalue weighted by atomic mass is 35.5. The molecule has 0 aliphatic carbocycles. The zero-order chi connectivity index (χ0) is 27.9. The fourth-order valence-corrected chi connectivity index (χ4v) is 4.55. The van der Waals surface area contributed by atoms with Gasteiger partial charge < -0.3 is 10.3 Å². The number of hydrogen-bond donors (Lipinski definition) is 4. The molecule has 0 atom stereocenters. The first-order chi connectivity index (χ1) is 19.5. The molecule has 3 amide bonds. The van der Waals surface area contributed by atoms with E-state index in [9.17, 15) is 14.4 Å². The second-order valence-corrected chi connectivity index (χ2v) is 9.70. The van der Waals surface area contributed by atoms with Crippen LogP contribution in [0.1, 0.15) is 22.5 Å². The molecule has 10 nitrogen and oxygen atoms in total. The Balaban J connectivity index is 1.27. The molecule has 5 rings (SSSR count). The van der Waals surface area contributed by atoms with Gasteiger partial charge in [0.1, 0.15) is 12.4 Å². The molecule has 11 heteroatoms. The highest BCUT2D eigenvalue weighted by Crippen LogP contribution is 2.19. The van der Waals surface area contributed by atoms with Crippen LogP contribution in [0.3, 0.4) is 0 Å². The van der Waals surface area contributed by atoms with Gasteiger partial charge in [-0.15, -0.1) is 0 Å². The van der Waals surface area contributed by atoms with Crippen molar-refractivity contribution < 1.29 is 9.59 Å². The Bertz CT molecular complexity index is 1670. The van der Waals surface area contributed by atoms with Crippen molar-refractivity contribution in [2.75, 3.05) is 0 Å². The third-order valence-electron chi connectivity index (χ3n) is 6.46. The van der Waals surface area contributed by atoms with Crippen molar-refractivity contribution in [3.63, 3.8) is 0 Å². The lowest BCUT2D eigenvalue weighted by atomic mass is 10.1. The summed E-state index contributed by atoms with van der Waals surface area (Å²) in [6, 6.07) is 24.1. The third kappa shape index (κ3) is 6.59. The lowest BCUT2D eigenvalue weighted by Gasteiger charge is -2.08. The second-order valence-electron chi connectivity index (χ2n) is 9.26. The Kier molecular flexibility index (Phi) is 8.26. The maximum atomic E-state index is 13.3. The molecular formula is C29H28ClN7O3. The Hall–Kier alpha value is -4.83. The number of hydrogen-bond acceptors (Lipinski definition) is 4. The summed E-state index contributed by atoms with van der Waals surface area (Å²) in [5.74, 6) is -0.0650. The van der Waals surface area contributed by atoms with Crippen molar-refractivity contribution in [2.24, 2.45) is 0 Å². The number of benzene rings is 3. The lowest BCUT2D eigenvalue weighted by Crippen LogP contribution is -2.48. The monoisotopic (exact) mass is 557 g/mol. The molecule has 5 aromatic rings. The summed E-state index contributed by atoms with van der Waals surface area (Å²) < 4.78 is 2.70. The van der Waals surface area contributed by atoms with Crippen molar-refractivity contribution in [2.45, 2.75) is 32.5 Å². The minimum atomic E-state index is -0.587. The SMILES string of the molecule is O=C(Cn1nc(Cc2ccc(Cl)cc2)n(CCc2c[nH]c3ccccc23)c1=O)NNC(=O)NCc1ccccc1. The Morgan fingerprint density at radius 2 is 1.65 bits per heavy atom. The number of hydrazine groups is 1. The number of aryl methyl sites for hydroxylation is 1. The van der Waals surface area contributed by atoms with Gasteiger partial charge in [0, 0.05) is 41.6 Å².